The van der Waals surface area contributed by atoms with Crippen molar-refractivity contribution in [2.75, 3.05) is 0 Å². The van der Waals surface area contributed by atoms with Crippen molar-refractivity contribution in [2.24, 2.45) is 0 Å². The lowest BCUT2D eigenvalue weighted by atomic mass is 10.1. The Morgan fingerprint density at radius 3 is 2.66 bits per heavy atom. The van der Waals surface area contributed by atoms with E-state index < -0.39 is 0 Å². The van der Waals surface area contributed by atoms with E-state index >= 15 is 0 Å². The number of hydrogen-bond acceptors (Lipinski definition) is 5. The van der Waals surface area contributed by atoms with Crippen LogP contribution in [0.3, 0.4) is 0 Å². The zero-order valence-electron chi connectivity index (χ0n) is 16.6. The number of aryl methyl sites for hydroxylation is 2. The summed E-state index contributed by atoms with van der Waals surface area (Å²) in [6.45, 7) is 7.17. The largest absolute Gasteiger partial charge is 0.486 e. The molecule has 29 heavy (non-hydrogen) atoms. The van der Waals surface area contributed by atoms with Crippen LogP contribution < -0.4 is 4.74 Å². The summed E-state index contributed by atoms with van der Waals surface area (Å²) in [7, 11) is 0. The maximum atomic E-state index is 6.24. The maximum absolute atomic E-state index is 6.24. The molecule has 0 N–H and O–H groups in total. The van der Waals surface area contributed by atoms with E-state index in [1.54, 1.807) is 11.8 Å². The lowest BCUT2D eigenvalue weighted by Crippen LogP contribution is -2.07. The molecule has 0 aliphatic heterocycles. The summed E-state index contributed by atoms with van der Waals surface area (Å²) in [6.07, 6.45) is 4.05. The van der Waals surface area contributed by atoms with Gasteiger partial charge in [0.05, 0.1) is 5.69 Å². The van der Waals surface area contributed by atoms with Crippen LogP contribution in [0.25, 0.3) is 5.65 Å². The first-order valence-corrected chi connectivity index (χ1v) is 10.8. The molecule has 0 spiro atoms. The van der Waals surface area contributed by atoms with Gasteiger partial charge in [-0.25, -0.2) is 4.98 Å². The predicted octanol–water partition coefficient (Wildman–Crippen LogP) is 5.09. The lowest BCUT2D eigenvalue weighted by Gasteiger charge is -2.11. The average molecular weight is 428 g/mol. The van der Waals surface area contributed by atoms with E-state index in [4.69, 9.17) is 16.3 Å². The Labute approximate surface area is 178 Å². The molecule has 0 saturated heterocycles. The van der Waals surface area contributed by atoms with E-state index in [9.17, 15) is 0 Å². The Bertz CT molecular complexity index is 1100. The van der Waals surface area contributed by atoms with Crippen molar-refractivity contribution in [2.45, 2.75) is 44.8 Å². The maximum Gasteiger partial charge on any atom is 0.191 e. The Morgan fingerprint density at radius 2 is 1.93 bits per heavy atom. The molecular formula is C21H22ClN5OS. The van der Waals surface area contributed by atoms with Crippen LogP contribution in [0.4, 0.5) is 0 Å². The topological polar surface area (TPSA) is 57.2 Å². The molecule has 0 atom stereocenters. The highest BCUT2D eigenvalue weighted by atomic mass is 35.5. The van der Waals surface area contributed by atoms with E-state index in [-0.39, 0.29) is 0 Å². The minimum absolute atomic E-state index is 0.357. The normalized spacial score (nSPS) is 11.3. The second-order valence-electron chi connectivity index (χ2n) is 6.79. The summed E-state index contributed by atoms with van der Waals surface area (Å²) in [6, 6.07) is 9.87. The van der Waals surface area contributed by atoms with Crippen molar-refractivity contribution in [1.29, 1.82) is 0 Å². The van der Waals surface area contributed by atoms with Crippen molar-refractivity contribution >= 4 is 29.0 Å². The van der Waals surface area contributed by atoms with Crippen molar-refractivity contribution in [3.63, 3.8) is 0 Å². The third kappa shape index (κ3) is 4.26. The van der Waals surface area contributed by atoms with E-state index in [0.29, 0.717) is 6.61 Å². The molecule has 0 aliphatic rings. The van der Waals surface area contributed by atoms with E-state index in [0.717, 1.165) is 56.5 Å². The van der Waals surface area contributed by atoms with Crippen LogP contribution in [-0.2, 0) is 18.9 Å². The predicted molar refractivity (Wildman–Crippen MR) is 116 cm³/mol. The molecule has 8 heteroatoms. The van der Waals surface area contributed by atoms with Crippen LogP contribution in [0.15, 0.2) is 47.9 Å². The van der Waals surface area contributed by atoms with Gasteiger partial charge in [-0.3, -0.25) is 0 Å². The molecule has 150 valence electrons. The quantitative estimate of drug-likeness (QED) is 0.384. The molecule has 3 aromatic heterocycles. The number of benzene rings is 1. The molecule has 0 saturated carbocycles. The Kier molecular flexibility index (Phi) is 5.78. The van der Waals surface area contributed by atoms with Gasteiger partial charge in [0.25, 0.3) is 0 Å². The highest BCUT2D eigenvalue weighted by Crippen LogP contribution is 2.27. The van der Waals surface area contributed by atoms with Gasteiger partial charge in [-0.2, -0.15) is 0 Å². The van der Waals surface area contributed by atoms with Crippen LogP contribution >= 0.6 is 23.4 Å². The van der Waals surface area contributed by atoms with Gasteiger partial charge in [-0.15, -0.1) is 10.2 Å². The summed E-state index contributed by atoms with van der Waals surface area (Å²) in [5.74, 6) is 2.32. The van der Waals surface area contributed by atoms with Gasteiger partial charge in [0.1, 0.15) is 18.0 Å². The SMILES string of the molecule is CCn1c(COc2cc(C)c(Cl)c(C)c2)nnc1SCc1cn2ccccc2n1. The Balaban J connectivity index is 1.44. The van der Waals surface area contributed by atoms with E-state index in [1.807, 2.05) is 61.0 Å². The second kappa shape index (κ2) is 8.47. The van der Waals surface area contributed by atoms with Gasteiger partial charge in [0.2, 0.25) is 0 Å². The molecule has 6 nitrogen and oxygen atoms in total. The number of pyridine rings is 1. The van der Waals surface area contributed by atoms with Gasteiger partial charge >= 0.3 is 0 Å². The zero-order chi connectivity index (χ0) is 20.4. The summed E-state index contributed by atoms with van der Waals surface area (Å²) < 4.78 is 10.1. The lowest BCUT2D eigenvalue weighted by molar-refractivity contribution is 0.288. The molecule has 3 heterocycles. The van der Waals surface area contributed by atoms with Gasteiger partial charge in [0.15, 0.2) is 11.0 Å². The van der Waals surface area contributed by atoms with Crippen LogP contribution in [0, 0.1) is 13.8 Å². The van der Waals surface area contributed by atoms with Crippen LogP contribution in [0.5, 0.6) is 5.75 Å². The molecular weight excluding hydrogens is 406 g/mol. The fourth-order valence-electron chi connectivity index (χ4n) is 3.18. The standard InChI is InChI=1S/C21H22ClN5OS/c1-4-27-19(12-28-17-9-14(2)20(22)15(3)10-17)24-25-21(27)29-13-16-11-26-8-6-5-7-18(26)23-16/h5-11H,4,12-13H2,1-3H3. The van der Waals surface area contributed by atoms with Crippen LogP contribution in [0.2, 0.25) is 5.02 Å². The number of nitrogens with zero attached hydrogens (tertiary/aromatic N) is 5. The number of thioether (sulfide) groups is 1. The monoisotopic (exact) mass is 427 g/mol. The molecule has 0 fully saturated rings. The van der Waals surface area contributed by atoms with Gasteiger partial charge in [0, 0.05) is 29.7 Å². The van der Waals surface area contributed by atoms with E-state index in [2.05, 4.69) is 26.7 Å². The first kappa shape index (κ1) is 19.8. The fraction of sp³-hybridized carbons (Fsp3) is 0.286. The molecule has 4 aromatic rings. The first-order chi connectivity index (χ1) is 14.0. The zero-order valence-corrected chi connectivity index (χ0v) is 18.2. The summed E-state index contributed by atoms with van der Waals surface area (Å²) >= 11 is 7.87. The van der Waals surface area contributed by atoms with Gasteiger partial charge < -0.3 is 13.7 Å². The molecule has 0 unspecified atom stereocenters. The van der Waals surface area contributed by atoms with Gasteiger partial charge in [-0.05, 0) is 56.2 Å². The van der Waals surface area contributed by atoms with E-state index in [1.165, 1.54) is 0 Å². The first-order valence-electron chi connectivity index (χ1n) is 9.42. The molecule has 4 rings (SSSR count). The van der Waals surface area contributed by atoms with Crippen molar-refractivity contribution in [3.05, 3.63) is 70.4 Å². The summed E-state index contributed by atoms with van der Waals surface area (Å²) in [4.78, 5) is 4.64. The smallest absolute Gasteiger partial charge is 0.191 e. The molecule has 0 aliphatic carbocycles. The number of aromatic nitrogens is 5. The fourth-order valence-corrected chi connectivity index (χ4v) is 4.20. The van der Waals surface area contributed by atoms with Crippen molar-refractivity contribution < 1.29 is 4.74 Å². The van der Waals surface area contributed by atoms with Crippen molar-refractivity contribution in [3.8, 4) is 5.75 Å². The summed E-state index contributed by atoms with van der Waals surface area (Å²) in [5, 5.41) is 10.3. The molecule has 0 amide bonds. The number of fused-ring (bicyclic) bond motifs is 1. The third-order valence-corrected chi connectivity index (χ3v) is 6.25. The minimum Gasteiger partial charge on any atom is -0.486 e. The highest BCUT2D eigenvalue weighted by Gasteiger charge is 2.13. The second-order valence-corrected chi connectivity index (χ2v) is 8.11. The minimum atomic E-state index is 0.357. The van der Waals surface area contributed by atoms with Crippen LogP contribution in [0.1, 0.15) is 29.6 Å². The number of hydrogen-bond donors (Lipinski definition) is 0. The number of ether oxygens (including phenoxy) is 1. The highest BCUT2D eigenvalue weighted by molar-refractivity contribution is 7.98. The molecule has 1 aromatic carbocycles. The number of rotatable bonds is 7. The Hall–Kier alpha value is -2.51. The molecule has 0 bridgehead atoms. The Morgan fingerprint density at radius 1 is 1.14 bits per heavy atom. The average Bonchev–Trinajstić information content (AvgIpc) is 3.31. The summed E-state index contributed by atoms with van der Waals surface area (Å²) in [5.41, 5.74) is 3.96. The van der Waals surface area contributed by atoms with Crippen LogP contribution in [-0.4, -0.2) is 24.1 Å². The number of imidazole rings is 1. The molecule has 0 radical (unpaired) electrons. The van der Waals surface area contributed by atoms with Crippen molar-refractivity contribution in [1.82, 2.24) is 24.1 Å². The third-order valence-electron chi connectivity index (χ3n) is 4.65. The number of halogens is 1. The van der Waals surface area contributed by atoms with Gasteiger partial charge in [-0.1, -0.05) is 29.4 Å².